The Kier molecular flexibility index (Phi) is 6.45. The summed E-state index contributed by atoms with van der Waals surface area (Å²) in [5.41, 5.74) is 3.45. The van der Waals surface area contributed by atoms with Crippen molar-refractivity contribution in [3.63, 3.8) is 0 Å². The van der Waals surface area contributed by atoms with Gasteiger partial charge >= 0.3 is 0 Å². The van der Waals surface area contributed by atoms with Crippen LogP contribution in [0.3, 0.4) is 0 Å². The molecule has 2 aromatic heterocycles. The van der Waals surface area contributed by atoms with Crippen LogP contribution >= 0.6 is 12.2 Å². The minimum absolute atomic E-state index is 0.0891. The Hall–Kier alpha value is -4.17. The number of thiocarbonyl (C=S) groups is 1. The van der Waals surface area contributed by atoms with Crippen molar-refractivity contribution < 1.29 is 9.53 Å². The summed E-state index contributed by atoms with van der Waals surface area (Å²) in [6.45, 7) is 0.0891. The van der Waals surface area contributed by atoms with Crippen molar-refractivity contribution in [2.24, 2.45) is 0 Å². The van der Waals surface area contributed by atoms with Crippen LogP contribution in [0, 0.1) is 0 Å². The number of pyridine rings is 1. The molecule has 5 rings (SSSR count). The van der Waals surface area contributed by atoms with Crippen molar-refractivity contribution in [3.05, 3.63) is 109 Å². The molecule has 0 bridgehead atoms. The summed E-state index contributed by atoms with van der Waals surface area (Å²) in [5, 5.41) is 6.87. The van der Waals surface area contributed by atoms with Gasteiger partial charge < -0.3 is 24.8 Å². The zero-order chi connectivity index (χ0) is 24.2. The number of carbonyl (C=O) groups excluding carboxylic acids is 1. The van der Waals surface area contributed by atoms with Crippen LogP contribution in [0.2, 0.25) is 0 Å². The Morgan fingerprint density at radius 3 is 2.57 bits per heavy atom. The van der Waals surface area contributed by atoms with E-state index in [0.29, 0.717) is 5.11 Å². The minimum Gasteiger partial charge on any atom is -0.495 e. The number of ether oxygens (including phenoxy) is 1. The molecule has 0 unspecified atom stereocenters. The van der Waals surface area contributed by atoms with Crippen molar-refractivity contribution in [3.8, 4) is 11.4 Å². The number of methoxy groups -OCH3 is 1. The second-order valence-corrected chi connectivity index (χ2v) is 8.53. The van der Waals surface area contributed by atoms with Crippen molar-refractivity contribution in [2.75, 3.05) is 19.0 Å². The van der Waals surface area contributed by atoms with Gasteiger partial charge in [-0.2, -0.15) is 0 Å². The lowest BCUT2D eigenvalue weighted by atomic mass is 10.0. The number of benzene rings is 2. The smallest absolute Gasteiger partial charge is 0.244 e. The molecular weight excluding hydrogens is 458 g/mol. The molecule has 8 heteroatoms. The zero-order valence-electron chi connectivity index (χ0n) is 19.2. The van der Waals surface area contributed by atoms with Gasteiger partial charge in [-0.1, -0.05) is 36.4 Å². The fourth-order valence-corrected chi connectivity index (χ4v) is 4.76. The quantitative estimate of drug-likeness (QED) is 0.378. The molecule has 2 aromatic carbocycles. The number of aromatic nitrogens is 2. The molecule has 0 spiro atoms. The van der Waals surface area contributed by atoms with Crippen molar-refractivity contribution in [1.29, 1.82) is 0 Å². The van der Waals surface area contributed by atoms with Crippen LogP contribution in [0.15, 0.2) is 97.3 Å². The number of rotatable bonds is 7. The van der Waals surface area contributed by atoms with Crippen molar-refractivity contribution in [1.82, 2.24) is 19.8 Å². The number of hydrogen-bond acceptors (Lipinski definition) is 4. The highest BCUT2D eigenvalue weighted by atomic mass is 32.1. The first-order valence-corrected chi connectivity index (χ1v) is 11.7. The van der Waals surface area contributed by atoms with Crippen LogP contribution in [0.5, 0.6) is 5.75 Å². The molecule has 1 aliphatic rings. The SMILES string of the molecule is COc1ccccc1-n1cccc1[C@H]1[C@H](c2ccccn2)NC(=S)N1CC(=O)Nc1ccccc1. The third-order valence-electron chi connectivity index (χ3n) is 6.00. The number of hydrogen-bond donors (Lipinski definition) is 2. The van der Waals surface area contributed by atoms with Gasteiger partial charge in [-0.05, 0) is 60.7 Å². The Morgan fingerprint density at radius 1 is 1.03 bits per heavy atom. The van der Waals surface area contributed by atoms with E-state index in [4.69, 9.17) is 17.0 Å². The van der Waals surface area contributed by atoms with Gasteiger partial charge in [-0.25, -0.2) is 0 Å². The van der Waals surface area contributed by atoms with E-state index in [-0.39, 0.29) is 24.5 Å². The van der Waals surface area contributed by atoms with Crippen LogP contribution in [-0.2, 0) is 4.79 Å². The maximum Gasteiger partial charge on any atom is 0.244 e. The van der Waals surface area contributed by atoms with E-state index >= 15 is 0 Å². The molecule has 3 heterocycles. The Labute approximate surface area is 209 Å². The number of nitrogens with zero attached hydrogens (tertiary/aromatic N) is 3. The van der Waals surface area contributed by atoms with E-state index in [1.54, 1.807) is 13.3 Å². The topological polar surface area (TPSA) is 71.4 Å². The monoisotopic (exact) mass is 483 g/mol. The van der Waals surface area contributed by atoms with E-state index < -0.39 is 0 Å². The first-order chi connectivity index (χ1) is 17.2. The molecule has 0 aliphatic carbocycles. The molecule has 1 amide bonds. The number of anilines is 1. The normalized spacial score (nSPS) is 17.2. The van der Waals surface area contributed by atoms with Crippen LogP contribution in [0.4, 0.5) is 5.69 Å². The lowest BCUT2D eigenvalue weighted by Gasteiger charge is -2.28. The molecule has 1 saturated heterocycles. The van der Waals surface area contributed by atoms with Crippen LogP contribution in [0.1, 0.15) is 23.5 Å². The zero-order valence-corrected chi connectivity index (χ0v) is 20.0. The number of amides is 1. The third kappa shape index (κ3) is 4.61. The van der Waals surface area contributed by atoms with Gasteiger partial charge in [-0.3, -0.25) is 9.78 Å². The van der Waals surface area contributed by atoms with Crippen LogP contribution < -0.4 is 15.4 Å². The van der Waals surface area contributed by atoms with Crippen molar-refractivity contribution in [2.45, 2.75) is 12.1 Å². The highest BCUT2D eigenvalue weighted by Crippen LogP contribution is 2.40. The maximum atomic E-state index is 13.0. The highest BCUT2D eigenvalue weighted by molar-refractivity contribution is 7.80. The first kappa shape index (κ1) is 22.6. The van der Waals surface area contributed by atoms with E-state index in [1.165, 1.54) is 0 Å². The molecule has 2 atom stereocenters. The third-order valence-corrected chi connectivity index (χ3v) is 6.35. The van der Waals surface area contributed by atoms with Gasteiger partial charge in [0.1, 0.15) is 12.3 Å². The lowest BCUT2D eigenvalue weighted by molar-refractivity contribution is -0.116. The maximum absolute atomic E-state index is 13.0. The molecule has 2 N–H and O–H groups in total. The number of carbonyl (C=O) groups is 1. The van der Waals surface area contributed by atoms with Gasteiger partial charge in [0.25, 0.3) is 0 Å². The minimum atomic E-state index is -0.279. The fraction of sp³-hybridized carbons (Fsp3) is 0.148. The molecule has 7 nitrogen and oxygen atoms in total. The van der Waals surface area contributed by atoms with Gasteiger partial charge in [0, 0.05) is 23.8 Å². The number of para-hydroxylation sites is 3. The Balaban J connectivity index is 1.54. The summed E-state index contributed by atoms with van der Waals surface area (Å²) in [6, 6.07) is 26.6. The second kappa shape index (κ2) is 9.99. The molecule has 35 heavy (non-hydrogen) atoms. The van der Waals surface area contributed by atoms with Gasteiger partial charge in [0.15, 0.2) is 5.11 Å². The fourth-order valence-electron chi connectivity index (χ4n) is 4.46. The molecule has 0 saturated carbocycles. The van der Waals surface area contributed by atoms with Crippen LogP contribution in [-0.4, -0.2) is 39.1 Å². The highest BCUT2D eigenvalue weighted by Gasteiger charge is 2.42. The van der Waals surface area contributed by atoms with E-state index in [1.807, 2.05) is 96.0 Å². The standard InChI is InChI=1S/C27H25N5O2S/c1-34-23-15-6-5-13-21(23)31-17-9-14-22(31)26-25(20-12-7-8-16-28-20)30-27(35)32(26)18-24(33)29-19-10-3-2-4-11-19/h2-17,25-26H,18H2,1H3,(H,29,33)(H,30,35)/t25-,26-/m0/s1. The molecule has 4 aromatic rings. The largest absolute Gasteiger partial charge is 0.495 e. The molecule has 1 aliphatic heterocycles. The average molecular weight is 484 g/mol. The summed E-state index contributed by atoms with van der Waals surface area (Å²) in [5.74, 6) is 0.601. The van der Waals surface area contributed by atoms with E-state index in [2.05, 4.69) is 20.2 Å². The van der Waals surface area contributed by atoms with Gasteiger partial charge in [0.2, 0.25) is 5.91 Å². The molecular formula is C27H25N5O2S. The Morgan fingerprint density at radius 2 is 1.80 bits per heavy atom. The van der Waals surface area contributed by atoms with Gasteiger partial charge in [0.05, 0.1) is 30.6 Å². The second-order valence-electron chi connectivity index (χ2n) is 8.14. The summed E-state index contributed by atoms with van der Waals surface area (Å²) in [6.07, 6.45) is 3.76. The summed E-state index contributed by atoms with van der Waals surface area (Å²) in [4.78, 5) is 19.6. The summed E-state index contributed by atoms with van der Waals surface area (Å²) in [7, 11) is 1.66. The van der Waals surface area contributed by atoms with E-state index in [9.17, 15) is 4.79 Å². The molecule has 1 fully saturated rings. The average Bonchev–Trinajstić information content (AvgIpc) is 3.49. The van der Waals surface area contributed by atoms with Gasteiger partial charge in [-0.15, -0.1) is 0 Å². The lowest BCUT2D eigenvalue weighted by Crippen LogP contribution is -2.37. The Bertz CT molecular complexity index is 1330. The molecule has 0 radical (unpaired) electrons. The van der Waals surface area contributed by atoms with Crippen molar-refractivity contribution >= 4 is 28.9 Å². The van der Waals surface area contributed by atoms with Crippen LogP contribution in [0.25, 0.3) is 5.69 Å². The van der Waals surface area contributed by atoms with E-state index in [0.717, 1.165) is 28.5 Å². The molecule has 176 valence electrons. The summed E-state index contributed by atoms with van der Waals surface area (Å²) < 4.78 is 7.71. The first-order valence-electron chi connectivity index (χ1n) is 11.3. The summed E-state index contributed by atoms with van der Waals surface area (Å²) >= 11 is 5.73. The predicted molar refractivity (Wildman–Crippen MR) is 140 cm³/mol. The number of nitrogens with one attached hydrogen (secondary N) is 2. The predicted octanol–water partition coefficient (Wildman–Crippen LogP) is 4.49.